The first-order valence-electron chi connectivity index (χ1n) is 8.77. The van der Waals surface area contributed by atoms with E-state index in [2.05, 4.69) is 42.2 Å². The zero-order valence-electron chi connectivity index (χ0n) is 15.6. The summed E-state index contributed by atoms with van der Waals surface area (Å²) in [5.74, 6) is 0.132. The van der Waals surface area contributed by atoms with E-state index < -0.39 is 0 Å². The quantitative estimate of drug-likeness (QED) is 0.763. The Kier molecular flexibility index (Phi) is 5.16. The molecule has 1 aromatic carbocycles. The van der Waals surface area contributed by atoms with Gasteiger partial charge >= 0.3 is 0 Å². The minimum atomic E-state index is -0.246. The highest BCUT2D eigenvalue weighted by atomic mass is 16.2. The maximum atomic E-state index is 13.0. The second kappa shape index (κ2) is 7.52. The largest absolute Gasteiger partial charge is 0.340 e. The van der Waals surface area contributed by atoms with Gasteiger partial charge in [0.05, 0.1) is 11.7 Å². The summed E-state index contributed by atoms with van der Waals surface area (Å²) in [5, 5.41) is 7.62. The number of carbonyl (C=O) groups excluding carboxylic acids is 1. The van der Waals surface area contributed by atoms with E-state index in [1.54, 1.807) is 24.1 Å². The van der Waals surface area contributed by atoms with Crippen molar-refractivity contribution < 1.29 is 4.79 Å². The van der Waals surface area contributed by atoms with Gasteiger partial charge in [0.15, 0.2) is 0 Å². The van der Waals surface area contributed by atoms with E-state index in [0.717, 1.165) is 22.4 Å². The predicted octanol–water partition coefficient (Wildman–Crippen LogP) is 3.77. The van der Waals surface area contributed by atoms with E-state index in [0.29, 0.717) is 5.69 Å². The number of hydrogen-bond donors (Lipinski definition) is 1. The molecule has 0 fully saturated rings. The first-order chi connectivity index (χ1) is 12.5. The third kappa shape index (κ3) is 3.67. The molecular weight excluding hydrogens is 324 g/mol. The van der Waals surface area contributed by atoms with E-state index in [-0.39, 0.29) is 17.9 Å². The zero-order chi connectivity index (χ0) is 18.7. The molecular formula is C21H24N4O. The van der Waals surface area contributed by atoms with Gasteiger partial charge in [0, 0.05) is 19.4 Å². The van der Waals surface area contributed by atoms with Crippen molar-refractivity contribution in [1.29, 1.82) is 0 Å². The summed E-state index contributed by atoms with van der Waals surface area (Å²) in [5.41, 5.74) is 4.66. The van der Waals surface area contributed by atoms with Crippen LogP contribution in [0.2, 0.25) is 0 Å². The van der Waals surface area contributed by atoms with Crippen molar-refractivity contribution in [3.63, 3.8) is 0 Å². The van der Waals surface area contributed by atoms with Crippen LogP contribution in [-0.2, 0) is 7.05 Å². The summed E-state index contributed by atoms with van der Waals surface area (Å²) >= 11 is 0. The molecule has 0 aliphatic rings. The molecule has 0 saturated carbocycles. The second-order valence-electron chi connectivity index (χ2n) is 6.78. The Balaban J connectivity index is 1.96. The number of benzene rings is 1. The monoisotopic (exact) mass is 348 g/mol. The van der Waals surface area contributed by atoms with E-state index in [1.807, 2.05) is 36.4 Å². The molecule has 1 atom stereocenters. The van der Waals surface area contributed by atoms with Crippen LogP contribution in [-0.4, -0.2) is 20.7 Å². The van der Waals surface area contributed by atoms with Crippen LogP contribution in [0.5, 0.6) is 0 Å². The van der Waals surface area contributed by atoms with Gasteiger partial charge in [0.1, 0.15) is 5.69 Å². The first kappa shape index (κ1) is 17.9. The molecule has 0 spiro atoms. The highest BCUT2D eigenvalue weighted by Gasteiger charge is 2.22. The van der Waals surface area contributed by atoms with Gasteiger partial charge < -0.3 is 5.32 Å². The van der Waals surface area contributed by atoms with E-state index in [4.69, 9.17) is 0 Å². The number of rotatable bonds is 5. The number of carbonyl (C=O) groups is 1. The summed E-state index contributed by atoms with van der Waals surface area (Å²) in [6.07, 6.45) is 3.49. The zero-order valence-corrected chi connectivity index (χ0v) is 15.6. The highest BCUT2D eigenvalue weighted by Crippen LogP contribution is 2.25. The maximum Gasteiger partial charge on any atom is 0.270 e. The molecule has 5 heteroatoms. The molecule has 0 radical (unpaired) electrons. The summed E-state index contributed by atoms with van der Waals surface area (Å²) < 4.78 is 1.64. The topological polar surface area (TPSA) is 59.8 Å². The third-order valence-electron chi connectivity index (χ3n) is 4.54. The smallest absolute Gasteiger partial charge is 0.270 e. The number of amides is 1. The van der Waals surface area contributed by atoms with E-state index in [1.165, 1.54) is 0 Å². The fourth-order valence-electron chi connectivity index (χ4n) is 3.00. The Labute approximate surface area is 154 Å². The van der Waals surface area contributed by atoms with Crippen molar-refractivity contribution in [3.05, 3.63) is 82.9 Å². The van der Waals surface area contributed by atoms with Gasteiger partial charge in [-0.15, -0.1) is 0 Å². The Morgan fingerprint density at radius 2 is 1.81 bits per heavy atom. The van der Waals surface area contributed by atoms with Crippen molar-refractivity contribution in [2.45, 2.75) is 32.7 Å². The van der Waals surface area contributed by atoms with Crippen LogP contribution in [0.3, 0.4) is 0 Å². The molecule has 3 rings (SSSR count). The van der Waals surface area contributed by atoms with Crippen LogP contribution < -0.4 is 5.32 Å². The molecule has 0 bridgehead atoms. The van der Waals surface area contributed by atoms with Gasteiger partial charge in [0.2, 0.25) is 0 Å². The van der Waals surface area contributed by atoms with Gasteiger partial charge in [0.25, 0.3) is 5.91 Å². The van der Waals surface area contributed by atoms with Gasteiger partial charge in [-0.3, -0.25) is 14.5 Å². The number of nitrogens with zero attached hydrogens (tertiary/aromatic N) is 3. The fourth-order valence-corrected chi connectivity index (χ4v) is 3.00. The molecule has 3 aromatic rings. The van der Waals surface area contributed by atoms with Gasteiger partial charge in [-0.25, -0.2) is 0 Å². The lowest BCUT2D eigenvalue weighted by molar-refractivity contribution is 0.0933. The van der Waals surface area contributed by atoms with Gasteiger partial charge in [-0.05, 0) is 47.7 Å². The Bertz CT molecular complexity index is 899. The van der Waals surface area contributed by atoms with Crippen molar-refractivity contribution in [1.82, 2.24) is 20.1 Å². The molecule has 26 heavy (non-hydrogen) atoms. The third-order valence-corrected chi connectivity index (χ3v) is 4.54. The average molecular weight is 348 g/mol. The molecule has 0 aliphatic carbocycles. The maximum absolute atomic E-state index is 13.0. The molecule has 1 N–H and O–H groups in total. The van der Waals surface area contributed by atoms with Crippen LogP contribution in [0.15, 0.2) is 54.9 Å². The molecule has 0 unspecified atom stereocenters. The number of nitrogens with one attached hydrogen (secondary N) is 1. The van der Waals surface area contributed by atoms with Crippen molar-refractivity contribution >= 4 is 5.91 Å². The Hall–Kier alpha value is -2.95. The van der Waals surface area contributed by atoms with Crippen molar-refractivity contribution in [2.75, 3.05) is 0 Å². The van der Waals surface area contributed by atoms with E-state index >= 15 is 0 Å². The number of pyridine rings is 1. The Morgan fingerprint density at radius 3 is 2.42 bits per heavy atom. The molecule has 0 aliphatic heterocycles. The molecule has 0 saturated heterocycles. The average Bonchev–Trinajstić information content (AvgIpc) is 3.03. The van der Waals surface area contributed by atoms with E-state index in [9.17, 15) is 4.79 Å². The summed E-state index contributed by atoms with van der Waals surface area (Å²) in [4.78, 5) is 17.1. The first-order valence-corrected chi connectivity index (χ1v) is 8.77. The normalized spacial score (nSPS) is 12.2. The summed E-state index contributed by atoms with van der Waals surface area (Å²) in [7, 11) is 1.80. The van der Waals surface area contributed by atoms with Crippen molar-refractivity contribution in [3.8, 4) is 0 Å². The molecule has 1 amide bonds. The standard InChI is InChI=1S/C21H24N4O/c1-14(2)18-13-19(25(4)24-18)21(26)23-20(16-9-11-22-12-10-16)17-8-6-5-7-15(17)3/h5-14,20H,1-4H3,(H,23,26)/t20-/m1/s1. The minimum Gasteiger partial charge on any atom is -0.340 e. The number of aryl methyl sites for hydroxylation is 2. The number of hydrogen-bond acceptors (Lipinski definition) is 3. The summed E-state index contributed by atoms with van der Waals surface area (Å²) in [6, 6.07) is 13.6. The highest BCUT2D eigenvalue weighted by molar-refractivity contribution is 5.93. The van der Waals surface area contributed by atoms with Crippen LogP contribution in [0.4, 0.5) is 0 Å². The predicted molar refractivity (Wildman–Crippen MR) is 102 cm³/mol. The van der Waals surface area contributed by atoms with Crippen LogP contribution in [0.1, 0.15) is 58.7 Å². The van der Waals surface area contributed by atoms with Gasteiger partial charge in [-0.2, -0.15) is 5.10 Å². The number of aromatic nitrogens is 3. The van der Waals surface area contributed by atoms with Crippen LogP contribution in [0, 0.1) is 6.92 Å². The van der Waals surface area contributed by atoms with Crippen LogP contribution in [0.25, 0.3) is 0 Å². The minimum absolute atomic E-state index is 0.142. The molecule has 5 nitrogen and oxygen atoms in total. The second-order valence-corrected chi connectivity index (χ2v) is 6.78. The molecule has 2 heterocycles. The molecule has 134 valence electrons. The lowest BCUT2D eigenvalue weighted by Crippen LogP contribution is -2.31. The SMILES string of the molecule is Cc1ccccc1[C@H](NC(=O)c1cc(C(C)C)nn1C)c1ccncc1. The molecule has 2 aromatic heterocycles. The van der Waals surface area contributed by atoms with Crippen LogP contribution >= 0.6 is 0 Å². The Morgan fingerprint density at radius 1 is 1.12 bits per heavy atom. The lowest BCUT2D eigenvalue weighted by atomic mass is 9.95. The summed E-state index contributed by atoms with van der Waals surface area (Å²) in [6.45, 7) is 6.19. The fraction of sp³-hybridized carbons (Fsp3) is 0.286. The lowest BCUT2D eigenvalue weighted by Gasteiger charge is -2.21. The van der Waals surface area contributed by atoms with Gasteiger partial charge in [-0.1, -0.05) is 38.1 Å². The van der Waals surface area contributed by atoms with Crippen molar-refractivity contribution in [2.24, 2.45) is 7.05 Å².